The summed E-state index contributed by atoms with van der Waals surface area (Å²) in [5, 5.41) is 1.73. The van der Waals surface area contributed by atoms with E-state index in [2.05, 4.69) is 29.2 Å². The molecule has 0 fully saturated rings. The first-order chi connectivity index (χ1) is 8.83. The highest BCUT2D eigenvalue weighted by atomic mass is 35.5. The van der Waals surface area contributed by atoms with Crippen LogP contribution in [0, 0.1) is 0 Å². The molecule has 3 aromatic rings. The van der Waals surface area contributed by atoms with E-state index in [-0.39, 0.29) is 0 Å². The summed E-state index contributed by atoms with van der Waals surface area (Å²) < 4.78 is 0. The van der Waals surface area contributed by atoms with Crippen LogP contribution in [0.2, 0.25) is 5.15 Å². The van der Waals surface area contributed by atoms with Crippen molar-refractivity contribution in [3.8, 4) is 0 Å². The number of aromatic nitrogens is 1. The van der Waals surface area contributed by atoms with Gasteiger partial charge in [0.05, 0.1) is 5.52 Å². The van der Waals surface area contributed by atoms with Gasteiger partial charge in [-0.25, -0.2) is 4.98 Å². The fraction of sp³-hybridized carbons (Fsp3) is 0.0625. The second-order valence-corrected chi connectivity index (χ2v) is 4.65. The van der Waals surface area contributed by atoms with E-state index in [1.165, 1.54) is 5.56 Å². The van der Waals surface area contributed by atoms with Crippen molar-refractivity contribution in [2.45, 2.75) is 6.42 Å². The van der Waals surface area contributed by atoms with Gasteiger partial charge in [0.25, 0.3) is 0 Å². The molecule has 0 radical (unpaired) electrons. The Labute approximate surface area is 111 Å². The molecule has 0 atom stereocenters. The average molecular weight is 254 g/mol. The standard InChI is InChI=1S/C16H12ClN/c17-16-14(10-12-6-2-1-3-7-12)11-13-8-4-5-9-15(13)18-16/h1-9,11H,10H2. The lowest BCUT2D eigenvalue weighted by Crippen LogP contribution is -1.92. The Morgan fingerprint density at radius 2 is 1.61 bits per heavy atom. The SMILES string of the molecule is Clc1nc2ccccc2cc1Cc1ccccc1. The summed E-state index contributed by atoms with van der Waals surface area (Å²) in [4.78, 5) is 4.44. The molecule has 0 spiro atoms. The maximum atomic E-state index is 6.24. The molecule has 2 heteroatoms. The van der Waals surface area contributed by atoms with Crippen molar-refractivity contribution >= 4 is 22.5 Å². The molecule has 0 N–H and O–H groups in total. The van der Waals surface area contributed by atoms with Crippen LogP contribution in [0.25, 0.3) is 10.9 Å². The molecule has 0 amide bonds. The fourth-order valence-corrected chi connectivity index (χ4v) is 2.29. The molecule has 88 valence electrons. The van der Waals surface area contributed by atoms with Crippen molar-refractivity contribution < 1.29 is 0 Å². The minimum absolute atomic E-state index is 0.595. The van der Waals surface area contributed by atoms with E-state index >= 15 is 0 Å². The molecule has 0 bridgehead atoms. The van der Waals surface area contributed by atoms with Gasteiger partial charge in [0.15, 0.2) is 0 Å². The second-order valence-electron chi connectivity index (χ2n) is 4.29. The van der Waals surface area contributed by atoms with Crippen molar-refractivity contribution in [2.75, 3.05) is 0 Å². The fourth-order valence-electron chi connectivity index (χ4n) is 2.08. The highest BCUT2D eigenvalue weighted by molar-refractivity contribution is 6.30. The molecule has 1 heterocycles. The van der Waals surface area contributed by atoms with E-state index in [1.54, 1.807) is 0 Å². The topological polar surface area (TPSA) is 12.9 Å². The third-order valence-corrected chi connectivity index (χ3v) is 3.31. The number of fused-ring (bicyclic) bond motifs is 1. The van der Waals surface area contributed by atoms with Gasteiger partial charge in [-0.2, -0.15) is 0 Å². The van der Waals surface area contributed by atoms with Gasteiger partial charge in [-0.15, -0.1) is 0 Å². The molecule has 3 rings (SSSR count). The summed E-state index contributed by atoms with van der Waals surface area (Å²) in [5.41, 5.74) is 3.26. The van der Waals surface area contributed by atoms with Crippen molar-refractivity contribution in [1.29, 1.82) is 0 Å². The Balaban J connectivity index is 2.04. The first-order valence-corrected chi connectivity index (χ1v) is 6.29. The van der Waals surface area contributed by atoms with Gasteiger partial charge >= 0.3 is 0 Å². The van der Waals surface area contributed by atoms with Crippen molar-refractivity contribution in [3.05, 3.63) is 76.9 Å². The highest BCUT2D eigenvalue weighted by Gasteiger charge is 2.05. The molecule has 18 heavy (non-hydrogen) atoms. The van der Waals surface area contributed by atoms with Gasteiger partial charge in [0, 0.05) is 11.8 Å². The minimum Gasteiger partial charge on any atom is -0.236 e. The predicted molar refractivity (Wildman–Crippen MR) is 76.0 cm³/mol. The molecule has 0 unspecified atom stereocenters. The number of halogens is 1. The normalized spacial score (nSPS) is 10.7. The highest BCUT2D eigenvalue weighted by Crippen LogP contribution is 2.22. The zero-order chi connectivity index (χ0) is 12.4. The maximum Gasteiger partial charge on any atom is 0.133 e. The van der Waals surface area contributed by atoms with Gasteiger partial charge in [0.1, 0.15) is 5.15 Å². The third-order valence-electron chi connectivity index (χ3n) is 2.99. The monoisotopic (exact) mass is 253 g/mol. The van der Waals surface area contributed by atoms with Crippen LogP contribution in [0.1, 0.15) is 11.1 Å². The van der Waals surface area contributed by atoms with E-state index in [0.29, 0.717) is 5.15 Å². The van der Waals surface area contributed by atoms with Crippen LogP contribution < -0.4 is 0 Å². The van der Waals surface area contributed by atoms with Gasteiger partial charge in [-0.05, 0) is 23.3 Å². The lowest BCUT2D eigenvalue weighted by Gasteiger charge is -2.06. The second kappa shape index (κ2) is 4.79. The third kappa shape index (κ3) is 2.22. The Bertz CT molecular complexity index is 677. The van der Waals surface area contributed by atoms with E-state index in [0.717, 1.165) is 22.9 Å². The molecule has 2 aromatic carbocycles. The van der Waals surface area contributed by atoms with E-state index in [9.17, 15) is 0 Å². The zero-order valence-corrected chi connectivity index (χ0v) is 10.6. The lowest BCUT2D eigenvalue weighted by molar-refractivity contribution is 1.17. The summed E-state index contributed by atoms with van der Waals surface area (Å²) in [6.45, 7) is 0. The largest absolute Gasteiger partial charge is 0.236 e. The van der Waals surface area contributed by atoms with Crippen molar-refractivity contribution in [1.82, 2.24) is 4.98 Å². The van der Waals surface area contributed by atoms with Crippen LogP contribution in [0.15, 0.2) is 60.7 Å². The number of nitrogens with zero attached hydrogens (tertiary/aromatic N) is 1. The van der Waals surface area contributed by atoms with Crippen LogP contribution in [-0.4, -0.2) is 4.98 Å². The Kier molecular flexibility index (Phi) is 2.99. The van der Waals surface area contributed by atoms with Crippen LogP contribution in [0.4, 0.5) is 0 Å². The Morgan fingerprint density at radius 3 is 2.44 bits per heavy atom. The lowest BCUT2D eigenvalue weighted by atomic mass is 10.0. The number of pyridine rings is 1. The smallest absolute Gasteiger partial charge is 0.133 e. The summed E-state index contributed by atoms with van der Waals surface area (Å²) in [5.74, 6) is 0. The molecular formula is C16H12ClN. The van der Waals surface area contributed by atoms with Gasteiger partial charge in [-0.1, -0.05) is 60.1 Å². The number of hydrogen-bond donors (Lipinski definition) is 0. The van der Waals surface area contributed by atoms with Crippen LogP contribution in [-0.2, 0) is 6.42 Å². The van der Waals surface area contributed by atoms with Crippen molar-refractivity contribution in [3.63, 3.8) is 0 Å². The van der Waals surface area contributed by atoms with Crippen LogP contribution >= 0.6 is 11.6 Å². The molecular weight excluding hydrogens is 242 g/mol. The summed E-state index contributed by atoms with van der Waals surface area (Å²) in [6, 6.07) is 20.5. The summed E-state index contributed by atoms with van der Waals surface area (Å²) >= 11 is 6.24. The van der Waals surface area contributed by atoms with Gasteiger partial charge < -0.3 is 0 Å². The number of para-hydroxylation sites is 1. The Hall–Kier alpha value is -1.86. The quantitative estimate of drug-likeness (QED) is 0.614. The molecule has 0 aliphatic carbocycles. The number of hydrogen-bond acceptors (Lipinski definition) is 1. The van der Waals surface area contributed by atoms with Crippen LogP contribution in [0.5, 0.6) is 0 Å². The average Bonchev–Trinajstić information content (AvgIpc) is 2.41. The maximum absolute atomic E-state index is 6.24. The molecule has 1 nitrogen and oxygen atoms in total. The number of rotatable bonds is 2. The Morgan fingerprint density at radius 1 is 0.889 bits per heavy atom. The van der Waals surface area contributed by atoms with Crippen LogP contribution in [0.3, 0.4) is 0 Å². The first kappa shape index (κ1) is 11.2. The molecule has 0 saturated heterocycles. The molecule has 1 aromatic heterocycles. The summed E-state index contributed by atoms with van der Waals surface area (Å²) in [6.07, 6.45) is 0.817. The number of benzene rings is 2. The molecule has 0 aliphatic rings. The molecule has 0 saturated carbocycles. The predicted octanol–water partition coefficient (Wildman–Crippen LogP) is 4.48. The van der Waals surface area contributed by atoms with E-state index in [4.69, 9.17) is 11.6 Å². The van der Waals surface area contributed by atoms with Gasteiger partial charge in [-0.3, -0.25) is 0 Å². The van der Waals surface area contributed by atoms with Crippen molar-refractivity contribution in [2.24, 2.45) is 0 Å². The molecule has 0 aliphatic heterocycles. The first-order valence-electron chi connectivity index (χ1n) is 5.91. The van der Waals surface area contributed by atoms with E-state index in [1.807, 2.05) is 36.4 Å². The minimum atomic E-state index is 0.595. The summed E-state index contributed by atoms with van der Waals surface area (Å²) in [7, 11) is 0. The van der Waals surface area contributed by atoms with Gasteiger partial charge in [0.2, 0.25) is 0 Å². The van der Waals surface area contributed by atoms with E-state index < -0.39 is 0 Å². The zero-order valence-electron chi connectivity index (χ0n) is 9.81.